The number of rotatable bonds is 8. The largest absolute Gasteiger partial charge is 0.388 e. The second-order valence-electron chi connectivity index (χ2n) is 8.16. The van der Waals surface area contributed by atoms with E-state index >= 15 is 0 Å². The van der Waals surface area contributed by atoms with E-state index in [1.54, 1.807) is 13.2 Å². The molecule has 0 bridgehead atoms. The number of halogens is 1. The molecule has 32 heavy (non-hydrogen) atoms. The van der Waals surface area contributed by atoms with Crippen LogP contribution in [0.4, 0.5) is 0 Å². The van der Waals surface area contributed by atoms with Crippen LogP contribution in [0.5, 0.6) is 0 Å². The number of aliphatic hydroxyl groups is 1. The summed E-state index contributed by atoms with van der Waals surface area (Å²) in [5, 5.41) is 17.7. The molecule has 2 aromatic rings. The molecule has 9 nitrogen and oxygen atoms in total. The molecule has 0 atom stereocenters. The van der Waals surface area contributed by atoms with Gasteiger partial charge in [0.1, 0.15) is 6.20 Å². The summed E-state index contributed by atoms with van der Waals surface area (Å²) in [5.41, 5.74) is -1.58. The minimum absolute atomic E-state index is 0.134. The number of benzene rings is 1. The number of hydrogen-bond donors (Lipinski definition) is 2. The lowest BCUT2D eigenvalue weighted by Crippen LogP contribution is -2.42. The SMILES string of the molecule is COCCCn1c(=O)cnn(-c2ccc(Cl)c(C(=O)NCC3(O)CCCCCC3)c2)c1=O. The zero-order valence-corrected chi connectivity index (χ0v) is 18.9. The van der Waals surface area contributed by atoms with Gasteiger partial charge in [0.15, 0.2) is 0 Å². The molecule has 0 radical (unpaired) electrons. The second kappa shape index (κ2) is 10.9. The van der Waals surface area contributed by atoms with Crippen LogP contribution in [0.25, 0.3) is 5.69 Å². The standard InChI is InChI=1S/C22H29ClN4O5/c1-32-12-6-11-26-19(28)14-25-27(21(26)30)16-7-8-18(23)17(13-16)20(29)24-15-22(31)9-4-2-3-5-10-22/h7-8,13-14,31H,2-6,9-12,15H2,1H3,(H,24,29). The van der Waals surface area contributed by atoms with E-state index in [0.717, 1.165) is 41.1 Å². The Morgan fingerprint density at radius 1 is 1.25 bits per heavy atom. The molecule has 1 aromatic carbocycles. The summed E-state index contributed by atoms with van der Waals surface area (Å²) in [4.78, 5) is 37.7. The van der Waals surface area contributed by atoms with Crippen molar-refractivity contribution in [1.29, 1.82) is 0 Å². The van der Waals surface area contributed by atoms with Gasteiger partial charge in [0.2, 0.25) is 0 Å². The summed E-state index contributed by atoms with van der Waals surface area (Å²) in [6.07, 6.45) is 6.86. The number of nitrogens with zero attached hydrogens (tertiary/aromatic N) is 3. The summed E-state index contributed by atoms with van der Waals surface area (Å²) in [7, 11) is 1.54. The van der Waals surface area contributed by atoms with Crippen LogP contribution < -0.4 is 16.6 Å². The number of ether oxygens (including phenoxy) is 1. The van der Waals surface area contributed by atoms with Gasteiger partial charge in [-0.05, 0) is 37.5 Å². The highest BCUT2D eigenvalue weighted by molar-refractivity contribution is 6.33. The van der Waals surface area contributed by atoms with E-state index in [4.69, 9.17) is 16.3 Å². The third-order valence-corrected chi connectivity index (χ3v) is 6.07. The smallest absolute Gasteiger partial charge is 0.352 e. The van der Waals surface area contributed by atoms with Gasteiger partial charge in [-0.3, -0.25) is 14.2 Å². The first-order valence-corrected chi connectivity index (χ1v) is 11.2. The molecule has 174 valence electrons. The molecule has 1 heterocycles. The first-order chi connectivity index (χ1) is 15.3. The molecule has 1 amide bonds. The van der Waals surface area contributed by atoms with Crippen molar-refractivity contribution in [3.05, 3.63) is 55.8 Å². The van der Waals surface area contributed by atoms with Gasteiger partial charge in [-0.25, -0.2) is 4.79 Å². The average molecular weight is 465 g/mol. The highest BCUT2D eigenvalue weighted by Crippen LogP contribution is 2.26. The molecule has 1 saturated carbocycles. The lowest BCUT2D eigenvalue weighted by atomic mass is 9.94. The number of methoxy groups -OCH3 is 1. The molecular formula is C22H29ClN4O5. The molecule has 1 fully saturated rings. The highest BCUT2D eigenvalue weighted by Gasteiger charge is 2.28. The number of hydrogen-bond acceptors (Lipinski definition) is 6. The maximum absolute atomic E-state index is 12.8. The second-order valence-corrected chi connectivity index (χ2v) is 8.57. The third kappa shape index (κ3) is 5.85. The molecule has 1 aliphatic carbocycles. The fraction of sp³-hybridized carbons (Fsp3) is 0.545. The van der Waals surface area contributed by atoms with Gasteiger partial charge in [0.05, 0.1) is 21.9 Å². The fourth-order valence-electron chi connectivity index (χ4n) is 3.91. The summed E-state index contributed by atoms with van der Waals surface area (Å²) < 4.78 is 7.10. The Balaban J connectivity index is 1.82. The summed E-state index contributed by atoms with van der Waals surface area (Å²) in [6.45, 7) is 0.730. The van der Waals surface area contributed by atoms with Crippen LogP contribution in [0, 0.1) is 0 Å². The molecule has 1 aromatic heterocycles. The molecule has 10 heteroatoms. The first-order valence-electron chi connectivity index (χ1n) is 10.8. The number of aromatic nitrogens is 3. The van der Waals surface area contributed by atoms with Gasteiger partial charge >= 0.3 is 5.69 Å². The van der Waals surface area contributed by atoms with Crippen molar-refractivity contribution in [2.24, 2.45) is 0 Å². The number of nitrogens with one attached hydrogen (secondary N) is 1. The maximum atomic E-state index is 12.8. The van der Waals surface area contributed by atoms with E-state index in [0.29, 0.717) is 31.6 Å². The number of carbonyl (C=O) groups is 1. The highest BCUT2D eigenvalue weighted by atomic mass is 35.5. The Hall–Kier alpha value is -2.49. The van der Waals surface area contributed by atoms with Crippen LogP contribution in [0.1, 0.15) is 55.3 Å². The molecule has 0 saturated heterocycles. The van der Waals surface area contributed by atoms with Crippen molar-refractivity contribution in [2.45, 2.75) is 57.1 Å². The predicted octanol–water partition coefficient (Wildman–Crippen LogP) is 1.90. The van der Waals surface area contributed by atoms with Gasteiger partial charge in [0.25, 0.3) is 11.5 Å². The third-order valence-electron chi connectivity index (χ3n) is 5.74. The topological polar surface area (TPSA) is 115 Å². The van der Waals surface area contributed by atoms with E-state index in [9.17, 15) is 19.5 Å². The van der Waals surface area contributed by atoms with Crippen LogP contribution in [0.3, 0.4) is 0 Å². The Labute approximate surface area is 191 Å². The normalized spacial score (nSPS) is 15.8. The van der Waals surface area contributed by atoms with Gasteiger partial charge in [-0.2, -0.15) is 9.78 Å². The van der Waals surface area contributed by atoms with Gasteiger partial charge in [-0.1, -0.05) is 37.3 Å². The Morgan fingerprint density at radius 3 is 2.66 bits per heavy atom. The molecule has 2 N–H and O–H groups in total. The Bertz CT molecular complexity index is 1060. The maximum Gasteiger partial charge on any atom is 0.352 e. The van der Waals surface area contributed by atoms with Gasteiger partial charge in [0, 0.05) is 26.8 Å². The monoisotopic (exact) mass is 464 g/mol. The zero-order valence-electron chi connectivity index (χ0n) is 18.2. The van der Waals surface area contributed by atoms with Crippen molar-refractivity contribution >= 4 is 17.5 Å². The molecule has 0 unspecified atom stereocenters. The van der Waals surface area contributed by atoms with Gasteiger partial charge in [-0.15, -0.1) is 0 Å². The average Bonchev–Trinajstić information content (AvgIpc) is 3.00. The van der Waals surface area contributed by atoms with Gasteiger partial charge < -0.3 is 15.2 Å². The van der Waals surface area contributed by atoms with E-state index in [1.165, 1.54) is 12.1 Å². The van der Waals surface area contributed by atoms with E-state index in [-0.39, 0.29) is 23.7 Å². The van der Waals surface area contributed by atoms with E-state index < -0.39 is 22.8 Å². The van der Waals surface area contributed by atoms with Crippen LogP contribution in [0.15, 0.2) is 34.0 Å². The summed E-state index contributed by atoms with van der Waals surface area (Å²) >= 11 is 6.24. The lowest BCUT2D eigenvalue weighted by Gasteiger charge is -2.26. The first kappa shape index (κ1) is 24.2. The molecule has 0 aliphatic heterocycles. The lowest BCUT2D eigenvalue weighted by molar-refractivity contribution is 0.0246. The van der Waals surface area contributed by atoms with Crippen LogP contribution >= 0.6 is 11.6 Å². The van der Waals surface area contributed by atoms with Crippen LogP contribution in [0.2, 0.25) is 5.02 Å². The van der Waals surface area contributed by atoms with E-state index in [2.05, 4.69) is 10.4 Å². The predicted molar refractivity (Wildman–Crippen MR) is 121 cm³/mol. The van der Waals surface area contributed by atoms with Crippen molar-refractivity contribution in [1.82, 2.24) is 19.7 Å². The minimum atomic E-state index is -0.924. The zero-order chi connectivity index (χ0) is 23.1. The Morgan fingerprint density at radius 2 is 1.97 bits per heavy atom. The van der Waals surface area contributed by atoms with Crippen molar-refractivity contribution in [3.8, 4) is 5.69 Å². The summed E-state index contributed by atoms with van der Waals surface area (Å²) in [5.74, 6) is -0.448. The molecular weight excluding hydrogens is 436 g/mol. The van der Waals surface area contributed by atoms with E-state index in [1.807, 2.05) is 0 Å². The quantitative estimate of drug-likeness (QED) is 0.455. The molecule has 3 rings (SSSR count). The van der Waals surface area contributed by atoms with Crippen LogP contribution in [-0.4, -0.2) is 51.2 Å². The van der Waals surface area contributed by atoms with Crippen molar-refractivity contribution < 1.29 is 14.6 Å². The number of carbonyl (C=O) groups excluding carboxylic acids is 1. The van der Waals surface area contributed by atoms with Crippen molar-refractivity contribution in [2.75, 3.05) is 20.3 Å². The van der Waals surface area contributed by atoms with Crippen molar-refractivity contribution in [3.63, 3.8) is 0 Å². The van der Waals surface area contributed by atoms with Crippen LogP contribution in [-0.2, 0) is 11.3 Å². The minimum Gasteiger partial charge on any atom is -0.388 e. The summed E-state index contributed by atoms with van der Waals surface area (Å²) in [6, 6.07) is 4.50. The molecule has 1 aliphatic rings. The molecule has 0 spiro atoms. The number of amides is 1. The Kier molecular flexibility index (Phi) is 8.22. The fourth-order valence-corrected chi connectivity index (χ4v) is 4.11.